The fourth-order valence-electron chi connectivity index (χ4n) is 3.37. The molecule has 18 heavy (non-hydrogen) atoms. The summed E-state index contributed by atoms with van der Waals surface area (Å²) in [5, 5.41) is 5.48. The van der Waals surface area contributed by atoms with Crippen molar-refractivity contribution in [2.24, 2.45) is 0 Å². The molecule has 2 aliphatic carbocycles. The summed E-state index contributed by atoms with van der Waals surface area (Å²) >= 11 is 6.47. The van der Waals surface area contributed by atoms with Gasteiger partial charge in [0.15, 0.2) is 5.65 Å². The quantitative estimate of drug-likeness (QED) is 0.735. The topological polar surface area (TPSA) is 30.2 Å². The molecule has 1 fully saturated rings. The number of halogens is 1. The van der Waals surface area contributed by atoms with E-state index in [9.17, 15) is 0 Å². The maximum Gasteiger partial charge on any atom is 0.157 e. The molecule has 4 rings (SSSR count). The van der Waals surface area contributed by atoms with Crippen LogP contribution in [0.3, 0.4) is 0 Å². The van der Waals surface area contributed by atoms with Gasteiger partial charge in [-0.25, -0.2) is 9.50 Å². The Morgan fingerprint density at radius 1 is 1.17 bits per heavy atom. The molecule has 0 atom stereocenters. The van der Waals surface area contributed by atoms with Crippen molar-refractivity contribution in [1.29, 1.82) is 0 Å². The highest BCUT2D eigenvalue weighted by atomic mass is 35.5. The van der Waals surface area contributed by atoms with Gasteiger partial charge in [-0.3, -0.25) is 0 Å². The van der Waals surface area contributed by atoms with Crippen molar-refractivity contribution in [3.8, 4) is 0 Å². The molecule has 0 radical (unpaired) electrons. The summed E-state index contributed by atoms with van der Waals surface area (Å²) in [6.45, 7) is 0. The van der Waals surface area contributed by atoms with Crippen LogP contribution < -0.4 is 0 Å². The molecule has 0 aromatic carbocycles. The van der Waals surface area contributed by atoms with Gasteiger partial charge in [-0.15, -0.1) is 0 Å². The van der Waals surface area contributed by atoms with Crippen LogP contribution in [0.2, 0.25) is 5.15 Å². The van der Waals surface area contributed by atoms with Crippen molar-refractivity contribution >= 4 is 17.2 Å². The van der Waals surface area contributed by atoms with Crippen LogP contribution in [0.4, 0.5) is 0 Å². The monoisotopic (exact) mass is 261 g/mol. The molecule has 2 aromatic rings. The zero-order chi connectivity index (χ0) is 12.1. The van der Waals surface area contributed by atoms with E-state index >= 15 is 0 Å². The zero-order valence-corrected chi connectivity index (χ0v) is 11.1. The maximum absolute atomic E-state index is 6.47. The lowest BCUT2D eigenvalue weighted by molar-refractivity contribution is 0.684. The number of aryl methyl sites for hydroxylation is 1. The Hall–Kier alpha value is -1.09. The Labute approximate surface area is 111 Å². The van der Waals surface area contributed by atoms with Crippen molar-refractivity contribution in [3.63, 3.8) is 0 Å². The molecule has 2 aromatic heterocycles. The Kier molecular flexibility index (Phi) is 2.37. The minimum Gasteiger partial charge on any atom is -0.233 e. The van der Waals surface area contributed by atoms with Crippen LogP contribution >= 0.6 is 11.6 Å². The summed E-state index contributed by atoms with van der Waals surface area (Å²) in [5.41, 5.74) is 4.52. The van der Waals surface area contributed by atoms with Crippen molar-refractivity contribution < 1.29 is 0 Å². The smallest absolute Gasteiger partial charge is 0.157 e. The van der Waals surface area contributed by atoms with Crippen LogP contribution in [-0.2, 0) is 12.8 Å². The minimum absolute atomic E-state index is 0.623. The second kappa shape index (κ2) is 3.95. The lowest BCUT2D eigenvalue weighted by atomic mass is 10.1. The first-order valence-electron chi connectivity index (χ1n) is 6.90. The van der Waals surface area contributed by atoms with Gasteiger partial charge in [0.25, 0.3) is 0 Å². The molecule has 2 heterocycles. The van der Waals surface area contributed by atoms with E-state index in [0.29, 0.717) is 5.92 Å². The Morgan fingerprint density at radius 3 is 2.83 bits per heavy atom. The average molecular weight is 262 g/mol. The predicted molar refractivity (Wildman–Crippen MR) is 71.2 cm³/mol. The molecule has 1 saturated carbocycles. The number of nitrogens with zero attached hydrogens (tertiary/aromatic N) is 3. The zero-order valence-electron chi connectivity index (χ0n) is 10.3. The number of hydrogen-bond acceptors (Lipinski definition) is 2. The highest BCUT2D eigenvalue weighted by Gasteiger charge is 2.23. The van der Waals surface area contributed by atoms with E-state index in [-0.39, 0.29) is 0 Å². The molecule has 0 spiro atoms. The summed E-state index contributed by atoms with van der Waals surface area (Å²) in [6.07, 6.45) is 8.48. The van der Waals surface area contributed by atoms with Crippen LogP contribution in [0.1, 0.15) is 55.0 Å². The SMILES string of the molecule is Clc1c2c(nc3cc(C4CCCC4)nn13)CCC2. The Bertz CT molecular complexity index is 611. The van der Waals surface area contributed by atoms with Crippen molar-refractivity contribution in [2.45, 2.75) is 50.9 Å². The molecule has 0 bridgehead atoms. The third-order valence-electron chi connectivity index (χ3n) is 4.36. The summed E-state index contributed by atoms with van der Waals surface area (Å²) in [7, 11) is 0. The maximum atomic E-state index is 6.47. The van der Waals surface area contributed by atoms with Crippen molar-refractivity contribution in [2.75, 3.05) is 0 Å². The van der Waals surface area contributed by atoms with Crippen LogP contribution in [0, 0.1) is 0 Å². The van der Waals surface area contributed by atoms with E-state index in [2.05, 4.69) is 6.07 Å². The van der Waals surface area contributed by atoms with Crippen molar-refractivity contribution in [3.05, 3.63) is 28.2 Å². The third kappa shape index (κ3) is 1.50. The molecule has 0 saturated heterocycles. The van der Waals surface area contributed by atoms with Gasteiger partial charge >= 0.3 is 0 Å². The average Bonchev–Trinajstić information content (AvgIpc) is 3.08. The Balaban J connectivity index is 1.87. The fourth-order valence-corrected chi connectivity index (χ4v) is 3.70. The minimum atomic E-state index is 0.623. The lowest BCUT2D eigenvalue weighted by Crippen LogP contribution is -2.00. The molecule has 0 N–H and O–H groups in total. The molecule has 3 nitrogen and oxygen atoms in total. The van der Waals surface area contributed by atoms with Gasteiger partial charge in [0.1, 0.15) is 5.15 Å². The van der Waals surface area contributed by atoms with Crippen LogP contribution in [0.25, 0.3) is 5.65 Å². The van der Waals surface area contributed by atoms with E-state index in [4.69, 9.17) is 21.7 Å². The van der Waals surface area contributed by atoms with Gasteiger partial charge in [0.05, 0.1) is 5.69 Å². The van der Waals surface area contributed by atoms with Gasteiger partial charge in [0.2, 0.25) is 0 Å². The largest absolute Gasteiger partial charge is 0.233 e. The third-order valence-corrected chi connectivity index (χ3v) is 4.74. The summed E-state index contributed by atoms with van der Waals surface area (Å²) in [6, 6.07) is 2.14. The lowest BCUT2D eigenvalue weighted by Gasteiger charge is -2.04. The normalized spacial score (nSPS) is 19.8. The summed E-state index contributed by atoms with van der Waals surface area (Å²) in [5.74, 6) is 0.623. The number of hydrogen-bond donors (Lipinski definition) is 0. The molecule has 0 amide bonds. The van der Waals surface area contributed by atoms with E-state index in [1.807, 2.05) is 4.52 Å². The standard InChI is InChI=1S/C14H16ClN3/c15-14-10-6-3-7-11(10)16-13-8-12(17-18(13)14)9-4-1-2-5-9/h8-9H,1-7H2. The van der Waals surface area contributed by atoms with Gasteiger partial charge in [-0.2, -0.15) is 5.10 Å². The van der Waals surface area contributed by atoms with Gasteiger partial charge in [-0.1, -0.05) is 24.4 Å². The fraction of sp³-hybridized carbons (Fsp3) is 0.571. The molecular weight excluding hydrogens is 246 g/mol. The first kappa shape index (κ1) is 10.8. The van der Waals surface area contributed by atoms with E-state index in [1.54, 1.807) is 0 Å². The van der Waals surface area contributed by atoms with Crippen LogP contribution in [-0.4, -0.2) is 14.6 Å². The second-order valence-electron chi connectivity index (χ2n) is 5.50. The van der Waals surface area contributed by atoms with Crippen LogP contribution in [0.15, 0.2) is 6.07 Å². The van der Waals surface area contributed by atoms with E-state index in [1.165, 1.54) is 49.1 Å². The predicted octanol–water partition coefficient (Wildman–Crippen LogP) is 3.53. The van der Waals surface area contributed by atoms with Gasteiger partial charge < -0.3 is 0 Å². The number of rotatable bonds is 1. The Morgan fingerprint density at radius 2 is 2.00 bits per heavy atom. The molecular formula is C14H16ClN3. The second-order valence-corrected chi connectivity index (χ2v) is 5.86. The number of aromatic nitrogens is 3. The molecule has 4 heteroatoms. The van der Waals surface area contributed by atoms with E-state index < -0.39 is 0 Å². The highest BCUT2D eigenvalue weighted by Crippen LogP contribution is 2.35. The van der Waals surface area contributed by atoms with E-state index in [0.717, 1.165) is 23.6 Å². The molecule has 2 aliphatic rings. The van der Waals surface area contributed by atoms with Crippen LogP contribution in [0.5, 0.6) is 0 Å². The molecule has 0 aliphatic heterocycles. The molecule has 94 valence electrons. The number of fused-ring (bicyclic) bond motifs is 2. The van der Waals surface area contributed by atoms with Gasteiger partial charge in [-0.05, 0) is 32.1 Å². The van der Waals surface area contributed by atoms with Gasteiger partial charge in [0, 0.05) is 23.2 Å². The first-order chi connectivity index (χ1) is 8.83. The first-order valence-corrected chi connectivity index (χ1v) is 7.27. The summed E-state index contributed by atoms with van der Waals surface area (Å²) < 4.78 is 1.85. The van der Waals surface area contributed by atoms with Crippen molar-refractivity contribution in [1.82, 2.24) is 14.6 Å². The highest BCUT2D eigenvalue weighted by molar-refractivity contribution is 6.30. The molecule has 0 unspecified atom stereocenters. The summed E-state index contributed by atoms with van der Waals surface area (Å²) in [4.78, 5) is 4.72.